The third-order valence-electron chi connectivity index (χ3n) is 5.47. The molecule has 3 heterocycles. The van der Waals surface area contributed by atoms with Gasteiger partial charge in [0.1, 0.15) is 5.76 Å². The zero-order chi connectivity index (χ0) is 19.3. The summed E-state index contributed by atoms with van der Waals surface area (Å²) in [7, 11) is 0. The van der Waals surface area contributed by atoms with Crippen molar-refractivity contribution < 1.29 is 19.1 Å². The van der Waals surface area contributed by atoms with E-state index in [4.69, 9.17) is 4.42 Å². The number of thiazole rings is 1. The maximum atomic E-state index is 12.7. The van der Waals surface area contributed by atoms with Gasteiger partial charge in [-0.2, -0.15) is 4.98 Å². The molecule has 27 heavy (non-hydrogen) atoms. The van der Waals surface area contributed by atoms with Crippen LogP contribution in [0.5, 0.6) is 5.88 Å². The van der Waals surface area contributed by atoms with Crippen molar-refractivity contribution in [1.29, 1.82) is 0 Å². The summed E-state index contributed by atoms with van der Waals surface area (Å²) in [6, 6.07) is 1.88. The van der Waals surface area contributed by atoms with Gasteiger partial charge in [-0.25, -0.2) is 0 Å². The van der Waals surface area contributed by atoms with Crippen LogP contribution in [0.25, 0.3) is 0 Å². The van der Waals surface area contributed by atoms with Gasteiger partial charge in [-0.1, -0.05) is 13.8 Å². The molecule has 2 N–H and O–H groups in total. The fraction of sp³-hybridized carbons (Fsp3) is 0.526. The first-order valence-electron chi connectivity index (χ1n) is 9.32. The Morgan fingerprint density at radius 2 is 2.19 bits per heavy atom. The van der Waals surface area contributed by atoms with Gasteiger partial charge >= 0.3 is 0 Å². The summed E-state index contributed by atoms with van der Waals surface area (Å²) in [5, 5.41) is 13.0. The maximum absolute atomic E-state index is 12.7. The molecule has 2 fully saturated rings. The molecule has 2 amide bonds. The van der Waals surface area contributed by atoms with Crippen molar-refractivity contribution in [3.63, 3.8) is 0 Å². The van der Waals surface area contributed by atoms with Crippen molar-refractivity contribution in [3.05, 3.63) is 33.0 Å². The molecular formula is C19H23N3O4S. The van der Waals surface area contributed by atoms with Crippen LogP contribution >= 0.6 is 11.3 Å². The monoisotopic (exact) mass is 389 g/mol. The van der Waals surface area contributed by atoms with E-state index in [2.05, 4.69) is 10.3 Å². The summed E-state index contributed by atoms with van der Waals surface area (Å²) >= 11 is 1.20. The molecule has 0 spiro atoms. The highest BCUT2D eigenvalue weighted by Gasteiger charge is 2.56. The Kier molecular flexibility index (Phi) is 4.46. The normalized spacial score (nSPS) is 23.4. The van der Waals surface area contributed by atoms with Gasteiger partial charge in [-0.15, -0.1) is 11.3 Å². The molecule has 0 radical (unpaired) electrons. The molecule has 2 aromatic heterocycles. The Morgan fingerprint density at radius 3 is 2.78 bits per heavy atom. The zero-order valence-corrected chi connectivity index (χ0v) is 16.4. The van der Waals surface area contributed by atoms with Gasteiger partial charge in [-0.3, -0.25) is 9.59 Å². The number of amides is 2. The average molecular weight is 389 g/mol. The minimum absolute atomic E-state index is 0.0821. The van der Waals surface area contributed by atoms with Gasteiger partial charge in [0.15, 0.2) is 10.8 Å². The van der Waals surface area contributed by atoms with Crippen molar-refractivity contribution in [2.24, 2.45) is 5.92 Å². The number of hydrogen-bond acceptors (Lipinski definition) is 6. The molecule has 1 saturated heterocycles. The highest BCUT2D eigenvalue weighted by atomic mass is 32.1. The second-order valence-electron chi connectivity index (χ2n) is 7.17. The van der Waals surface area contributed by atoms with E-state index in [0.29, 0.717) is 22.2 Å². The predicted molar refractivity (Wildman–Crippen MR) is 100 cm³/mol. The summed E-state index contributed by atoms with van der Waals surface area (Å²) in [5.74, 6) is 0.986. The number of nitrogens with zero attached hydrogens (tertiary/aromatic N) is 2. The fourth-order valence-electron chi connectivity index (χ4n) is 3.88. The van der Waals surface area contributed by atoms with E-state index in [-0.39, 0.29) is 35.7 Å². The molecule has 8 heteroatoms. The number of hydrogen-bond donors (Lipinski definition) is 2. The third-order valence-corrected chi connectivity index (χ3v) is 6.42. The molecule has 2 aromatic rings. The molecule has 144 valence electrons. The Hall–Kier alpha value is -2.35. The second-order valence-corrected chi connectivity index (χ2v) is 8.37. The van der Waals surface area contributed by atoms with Crippen molar-refractivity contribution in [1.82, 2.24) is 15.2 Å². The lowest BCUT2D eigenvalue weighted by atomic mass is 10.1. The van der Waals surface area contributed by atoms with Gasteiger partial charge < -0.3 is 19.7 Å². The van der Waals surface area contributed by atoms with E-state index < -0.39 is 0 Å². The molecule has 1 aliphatic carbocycles. The van der Waals surface area contributed by atoms with E-state index in [0.717, 1.165) is 30.6 Å². The minimum Gasteiger partial charge on any atom is -0.492 e. The lowest BCUT2D eigenvalue weighted by Crippen LogP contribution is -2.41. The second kappa shape index (κ2) is 6.67. The number of piperidine rings is 1. The van der Waals surface area contributed by atoms with Crippen molar-refractivity contribution in [2.45, 2.75) is 52.1 Å². The van der Waals surface area contributed by atoms with Crippen LogP contribution in [-0.4, -0.2) is 45.4 Å². The molecule has 3 unspecified atom stereocenters. The van der Waals surface area contributed by atoms with Gasteiger partial charge in [0, 0.05) is 24.9 Å². The van der Waals surface area contributed by atoms with Crippen LogP contribution in [0, 0.1) is 12.8 Å². The molecular weight excluding hydrogens is 366 g/mol. The van der Waals surface area contributed by atoms with Crippen LogP contribution in [0.3, 0.4) is 0 Å². The lowest BCUT2D eigenvalue weighted by Gasteiger charge is -2.20. The molecule has 0 bridgehead atoms. The largest absolute Gasteiger partial charge is 0.492 e. The van der Waals surface area contributed by atoms with E-state index in [1.807, 2.05) is 19.9 Å². The number of furan rings is 1. The Morgan fingerprint density at radius 1 is 1.41 bits per heavy atom. The van der Waals surface area contributed by atoms with Gasteiger partial charge in [0.25, 0.3) is 11.8 Å². The quantitative estimate of drug-likeness (QED) is 0.819. The Balaban J connectivity index is 1.44. The number of aromatic nitrogens is 1. The lowest BCUT2D eigenvalue weighted by molar-refractivity contribution is 0.0751. The highest BCUT2D eigenvalue weighted by Crippen LogP contribution is 2.45. The number of carbonyl (C=O) groups excluding carboxylic acids is 2. The zero-order valence-electron chi connectivity index (χ0n) is 15.6. The first-order chi connectivity index (χ1) is 12.9. The number of nitrogens with one attached hydrogen (secondary N) is 1. The van der Waals surface area contributed by atoms with Gasteiger partial charge in [0.2, 0.25) is 5.88 Å². The van der Waals surface area contributed by atoms with Crippen molar-refractivity contribution in [2.75, 3.05) is 6.54 Å². The predicted octanol–water partition coefficient (Wildman–Crippen LogP) is 2.52. The Labute approximate surface area is 161 Å². The highest BCUT2D eigenvalue weighted by molar-refractivity contribution is 7.13. The first-order valence-corrected chi connectivity index (χ1v) is 10.1. The molecule has 2 aliphatic rings. The summed E-state index contributed by atoms with van der Waals surface area (Å²) in [6.45, 7) is 6.24. The van der Waals surface area contributed by atoms with E-state index in [9.17, 15) is 14.7 Å². The summed E-state index contributed by atoms with van der Waals surface area (Å²) < 4.78 is 5.71. The third kappa shape index (κ3) is 3.12. The van der Waals surface area contributed by atoms with E-state index in [1.165, 1.54) is 11.3 Å². The SMILES string of the molecule is CCc1cc(C(=O)NC2CN(C(=O)c3nc(O)c(C)s3)C3CC23)oc1CC. The number of fused-ring (bicyclic) bond motifs is 1. The van der Waals surface area contributed by atoms with Crippen molar-refractivity contribution in [3.8, 4) is 5.88 Å². The summed E-state index contributed by atoms with van der Waals surface area (Å²) in [5.41, 5.74) is 1.06. The van der Waals surface area contributed by atoms with Crippen LogP contribution in [-0.2, 0) is 12.8 Å². The molecule has 7 nitrogen and oxygen atoms in total. The standard InChI is InChI=1S/C19H23N3O4S/c1-4-10-6-15(26-14(10)5-2)17(24)20-12-8-22(13-7-11(12)13)19(25)18-21-16(23)9(3)27-18/h6,11-13,23H,4-5,7-8H2,1-3H3,(H,20,24). The number of aromatic hydroxyl groups is 1. The molecule has 4 rings (SSSR count). The van der Waals surface area contributed by atoms with Crippen LogP contribution in [0.15, 0.2) is 10.5 Å². The topological polar surface area (TPSA) is 95.7 Å². The molecule has 1 saturated carbocycles. The maximum Gasteiger partial charge on any atom is 0.287 e. The molecule has 1 aliphatic heterocycles. The Bertz CT molecular complexity index is 862. The van der Waals surface area contributed by atoms with E-state index in [1.54, 1.807) is 11.8 Å². The van der Waals surface area contributed by atoms with Crippen LogP contribution in [0.2, 0.25) is 0 Å². The minimum atomic E-state index is -0.225. The number of aryl methyl sites for hydroxylation is 3. The number of likely N-dealkylation sites (tertiary alicyclic amines) is 1. The van der Waals surface area contributed by atoms with E-state index >= 15 is 0 Å². The average Bonchev–Trinajstić information content (AvgIpc) is 3.03. The number of rotatable bonds is 5. The molecule has 3 atom stereocenters. The van der Waals surface area contributed by atoms with Crippen LogP contribution in [0.4, 0.5) is 0 Å². The van der Waals surface area contributed by atoms with Crippen LogP contribution in [0.1, 0.15) is 56.8 Å². The van der Waals surface area contributed by atoms with Gasteiger partial charge in [0.05, 0.1) is 10.9 Å². The summed E-state index contributed by atoms with van der Waals surface area (Å²) in [4.78, 5) is 31.7. The first kappa shape index (κ1) is 18.0. The summed E-state index contributed by atoms with van der Waals surface area (Å²) in [6.07, 6.45) is 2.47. The van der Waals surface area contributed by atoms with Gasteiger partial charge in [-0.05, 0) is 31.4 Å². The van der Waals surface area contributed by atoms with Crippen LogP contribution < -0.4 is 5.32 Å². The van der Waals surface area contributed by atoms with Crippen molar-refractivity contribution >= 4 is 23.2 Å². The number of carbonyl (C=O) groups is 2. The fourth-order valence-corrected chi connectivity index (χ4v) is 4.64. The molecule has 0 aromatic carbocycles. The smallest absolute Gasteiger partial charge is 0.287 e.